The fourth-order valence-corrected chi connectivity index (χ4v) is 3.69. The van der Waals surface area contributed by atoms with Gasteiger partial charge in [-0.2, -0.15) is 0 Å². The maximum absolute atomic E-state index is 11.5. The molecular weight excluding hydrogens is 390 g/mol. The highest BCUT2D eigenvalue weighted by molar-refractivity contribution is 9.10. The van der Waals surface area contributed by atoms with Crippen LogP contribution in [0.15, 0.2) is 53.0 Å². The molecule has 2 aromatic carbocycles. The quantitative estimate of drug-likeness (QED) is 0.775. The zero-order chi connectivity index (χ0) is 16.2. The van der Waals surface area contributed by atoms with E-state index in [-0.39, 0.29) is 12.4 Å². The number of carbonyl (C=O) groups is 1. The lowest BCUT2D eigenvalue weighted by molar-refractivity contribution is 0.0694. The summed E-state index contributed by atoms with van der Waals surface area (Å²) in [5.74, 6) is -0.509. The van der Waals surface area contributed by atoms with Crippen LogP contribution < -0.4 is 0 Å². The second-order valence-electron chi connectivity index (χ2n) is 6.07. The van der Waals surface area contributed by atoms with Crippen LogP contribution >= 0.6 is 28.3 Å². The topological polar surface area (TPSA) is 40.5 Å². The van der Waals surface area contributed by atoms with Crippen LogP contribution in [0.4, 0.5) is 0 Å². The smallest absolute Gasteiger partial charge is 0.335 e. The monoisotopic (exact) mass is 409 g/mol. The van der Waals surface area contributed by atoms with Crippen LogP contribution in [-0.2, 0) is 6.54 Å². The number of rotatable bonds is 4. The Morgan fingerprint density at radius 3 is 2.42 bits per heavy atom. The summed E-state index contributed by atoms with van der Waals surface area (Å²) in [6.07, 6.45) is 2.01. The van der Waals surface area contributed by atoms with Crippen molar-refractivity contribution in [1.82, 2.24) is 4.90 Å². The molecule has 1 aliphatic heterocycles. The molecule has 1 N–H and O–H groups in total. The highest BCUT2D eigenvalue weighted by Crippen LogP contribution is 2.32. The van der Waals surface area contributed by atoms with Gasteiger partial charge in [-0.1, -0.05) is 46.3 Å². The number of carboxylic acid groups (broad SMARTS) is 1. The predicted octanol–water partition coefficient (Wildman–Crippen LogP) is 4.95. The third-order valence-corrected chi connectivity index (χ3v) is 5.01. The van der Waals surface area contributed by atoms with Crippen LogP contribution in [0.3, 0.4) is 0 Å². The molecule has 1 saturated heterocycles. The Kier molecular flexibility index (Phi) is 6.84. The fourth-order valence-electron chi connectivity index (χ4n) is 3.31. The largest absolute Gasteiger partial charge is 0.478 e. The van der Waals surface area contributed by atoms with Crippen LogP contribution in [-0.4, -0.2) is 29.1 Å². The lowest BCUT2D eigenvalue weighted by Crippen LogP contribution is -2.32. The van der Waals surface area contributed by atoms with E-state index in [0.29, 0.717) is 11.5 Å². The van der Waals surface area contributed by atoms with E-state index in [4.69, 9.17) is 0 Å². The van der Waals surface area contributed by atoms with Crippen LogP contribution in [0.5, 0.6) is 0 Å². The maximum Gasteiger partial charge on any atom is 0.335 e. The van der Waals surface area contributed by atoms with Crippen LogP contribution in [0.1, 0.15) is 40.2 Å². The summed E-state index contributed by atoms with van der Waals surface area (Å²) in [6.45, 7) is 2.98. The molecule has 128 valence electrons. The zero-order valence-corrected chi connectivity index (χ0v) is 15.7. The molecule has 24 heavy (non-hydrogen) atoms. The van der Waals surface area contributed by atoms with Crippen molar-refractivity contribution in [1.29, 1.82) is 0 Å². The third-order valence-electron chi connectivity index (χ3n) is 4.52. The number of halogens is 2. The summed E-state index contributed by atoms with van der Waals surface area (Å²) in [4.78, 5) is 13.9. The van der Waals surface area contributed by atoms with Gasteiger partial charge in [-0.3, -0.25) is 4.90 Å². The SMILES string of the molecule is Cl.O=C(O)c1ccc(Br)cc1C1CCN(Cc2ccccc2)CC1. The molecule has 3 rings (SSSR count). The predicted molar refractivity (Wildman–Crippen MR) is 102 cm³/mol. The molecule has 0 unspecified atom stereocenters. The van der Waals surface area contributed by atoms with E-state index in [0.717, 1.165) is 42.5 Å². The summed E-state index contributed by atoms with van der Waals surface area (Å²) in [7, 11) is 0. The van der Waals surface area contributed by atoms with Crippen molar-refractivity contribution in [2.45, 2.75) is 25.3 Å². The number of carboxylic acids is 1. The van der Waals surface area contributed by atoms with Crippen molar-refractivity contribution in [3.05, 3.63) is 69.7 Å². The Hall–Kier alpha value is -1.36. The van der Waals surface area contributed by atoms with E-state index < -0.39 is 5.97 Å². The lowest BCUT2D eigenvalue weighted by Gasteiger charge is -2.32. The van der Waals surface area contributed by atoms with Gasteiger partial charge < -0.3 is 5.11 Å². The van der Waals surface area contributed by atoms with Crippen LogP contribution in [0.25, 0.3) is 0 Å². The molecule has 1 fully saturated rings. The Morgan fingerprint density at radius 2 is 1.79 bits per heavy atom. The van der Waals surface area contributed by atoms with Crippen molar-refractivity contribution in [2.75, 3.05) is 13.1 Å². The minimum atomic E-state index is -0.834. The fraction of sp³-hybridized carbons (Fsp3) is 0.316. The molecule has 0 atom stereocenters. The standard InChI is InChI=1S/C19H20BrNO2.ClH/c20-16-6-7-17(19(22)23)18(12-16)15-8-10-21(11-9-15)13-14-4-2-1-3-5-14;/h1-7,12,15H,8-11,13H2,(H,22,23);1H. The van der Waals surface area contributed by atoms with E-state index in [1.807, 2.05) is 12.1 Å². The van der Waals surface area contributed by atoms with Gasteiger partial charge in [0.2, 0.25) is 0 Å². The highest BCUT2D eigenvalue weighted by Gasteiger charge is 2.24. The number of piperidine rings is 1. The molecule has 2 aromatic rings. The summed E-state index contributed by atoms with van der Waals surface area (Å²) in [5.41, 5.74) is 2.74. The Balaban J connectivity index is 0.00000208. The second kappa shape index (κ2) is 8.65. The first-order valence-electron chi connectivity index (χ1n) is 7.92. The Morgan fingerprint density at radius 1 is 1.12 bits per heavy atom. The van der Waals surface area contributed by atoms with Gasteiger partial charge in [-0.05, 0) is 61.2 Å². The van der Waals surface area contributed by atoms with Gasteiger partial charge in [0.25, 0.3) is 0 Å². The van der Waals surface area contributed by atoms with Gasteiger partial charge in [0.05, 0.1) is 5.56 Å². The first kappa shape index (κ1) is 19.0. The van der Waals surface area contributed by atoms with Gasteiger partial charge in [0.1, 0.15) is 0 Å². The molecule has 0 amide bonds. The van der Waals surface area contributed by atoms with Gasteiger partial charge in [0, 0.05) is 11.0 Å². The van der Waals surface area contributed by atoms with E-state index in [1.54, 1.807) is 12.1 Å². The number of hydrogen-bond donors (Lipinski definition) is 1. The normalized spacial score (nSPS) is 15.7. The molecule has 1 aliphatic rings. The number of benzene rings is 2. The Bertz CT molecular complexity index is 685. The maximum atomic E-state index is 11.5. The molecule has 0 aliphatic carbocycles. The van der Waals surface area contributed by atoms with Crippen LogP contribution in [0.2, 0.25) is 0 Å². The highest BCUT2D eigenvalue weighted by atomic mass is 79.9. The third kappa shape index (κ3) is 4.59. The Labute approximate surface area is 157 Å². The summed E-state index contributed by atoms with van der Waals surface area (Å²) >= 11 is 3.46. The summed E-state index contributed by atoms with van der Waals surface area (Å²) in [5, 5.41) is 9.41. The second-order valence-corrected chi connectivity index (χ2v) is 6.99. The van der Waals surface area contributed by atoms with Gasteiger partial charge in [-0.25, -0.2) is 4.79 Å². The summed E-state index contributed by atoms with van der Waals surface area (Å²) in [6, 6.07) is 16.0. The number of nitrogens with zero attached hydrogens (tertiary/aromatic N) is 1. The average molecular weight is 411 g/mol. The van der Waals surface area contributed by atoms with E-state index in [9.17, 15) is 9.90 Å². The molecule has 0 saturated carbocycles. The van der Waals surface area contributed by atoms with Crippen molar-refractivity contribution < 1.29 is 9.90 Å². The van der Waals surface area contributed by atoms with Crippen LogP contribution in [0, 0.1) is 0 Å². The minimum absolute atomic E-state index is 0. The number of likely N-dealkylation sites (tertiary alicyclic amines) is 1. The molecular formula is C19H21BrClNO2. The molecule has 0 spiro atoms. The molecule has 0 radical (unpaired) electrons. The first-order chi connectivity index (χ1) is 11.1. The summed E-state index contributed by atoms with van der Waals surface area (Å²) < 4.78 is 0.948. The molecule has 1 heterocycles. The lowest BCUT2D eigenvalue weighted by atomic mass is 9.86. The average Bonchev–Trinajstić information content (AvgIpc) is 2.56. The van der Waals surface area contributed by atoms with E-state index in [2.05, 4.69) is 45.1 Å². The van der Waals surface area contributed by atoms with Crippen molar-refractivity contribution in [3.63, 3.8) is 0 Å². The van der Waals surface area contributed by atoms with E-state index >= 15 is 0 Å². The first-order valence-corrected chi connectivity index (χ1v) is 8.72. The van der Waals surface area contributed by atoms with E-state index in [1.165, 1.54) is 5.56 Å². The van der Waals surface area contributed by atoms with Crippen molar-refractivity contribution in [3.8, 4) is 0 Å². The van der Waals surface area contributed by atoms with Gasteiger partial charge in [-0.15, -0.1) is 12.4 Å². The van der Waals surface area contributed by atoms with Gasteiger partial charge >= 0.3 is 5.97 Å². The number of hydrogen-bond acceptors (Lipinski definition) is 2. The zero-order valence-electron chi connectivity index (χ0n) is 13.3. The van der Waals surface area contributed by atoms with Crippen molar-refractivity contribution in [2.24, 2.45) is 0 Å². The van der Waals surface area contributed by atoms with Crippen molar-refractivity contribution >= 4 is 34.3 Å². The van der Waals surface area contributed by atoms with Gasteiger partial charge in [0.15, 0.2) is 0 Å². The molecule has 0 bridgehead atoms. The molecule has 5 heteroatoms. The molecule has 0 aromatic heterocycles. The number of aromatic carboxylic acids is 1. The molecule has 3 nitrogen and oxygen atoms in total. The minimum Gasteiger partial charge on any atom is -0.478 e.